The van der Waals surface area contributed by atoms with E-state index in [2.05, 4.69) is 64.8 Å². The van der Waals surface area contributed by atoms with Gasteiger partial charge >= 0.3 is 0 Å². The molecule has 12 heteroatoms. The Kier molecular flexibility index (Phi) is 19.7. The van der Waals surface area contributed by atoms with Gasteiger partial charge in [-0.15, -0.1) is 6.58 Å². The summed E-state index contributed by atoms with van der Waals surface area (Å²) >= 11 is 6.42. The van der Waals surface area contributed by atoms with Gasteiger partial charge in [0.1, 0.15) is 16.7 Å². The Bertz CT molecular complexity index is 1560. The number of nitrogens with one attached hydrogen (secondary N) is 3. The van der Waals surface area contributed by atoms with Gasteiger partial charge in [-0.05, 0) is 131 Å². The minimum atomic E-state index is -1.50. The monoisotopic (exact) mass is 813 g/mol. The summed E-state index contributed by atoms with van der Waals surface area (Å²) in [6, 6.07) is 11.8. The predicted octanol–water partition coefficient (Wildman–Crippen LogP) is 6.87. The van der Waals surface area contributed by atoms with E-state index in [4.69, 9.17) is 16.3 Å². The first-order valence-electron chi connectivity index (χ1n) is 20.9. The molecule has 0 saturated heterocycles. The maximum atomic E-state index is 13.3. The molecule has 1 fully saturated rings. The maximum Gasteiger partial charge on any atom is 0.263 e. The Morgan fingerprint density at radius 2 is 1.89 bits per heavy atom. The number of likely N-dealkylation sites (N-methyl/N-ethyl adjacent to an activating group) is 1. The minimum Gasteiger partial charge on any atom is -0.491 e. The van der Waals surface area contributed by atoms with Crippen molar-refractivity contribution < 1.29 is 23.6 Å². The van der Waals surface area contributed by atoms with E-state index in [1.807, 2.05) is 31.2 Å². The number of carbonyl (C=O) groups is 2. The molecule has 56 heavy (non-hydrogen) atoms. The summed E-state index contributed by atoms with van der Waals surface area (Å²) < 4.78 is 22.3. The topological polar surface area (TPSA) is 123 Å². The number of aliphatic hydroxyl groups is 1. The maximum absolute atomic E-state index is 13.3. The number of hydrogen-bond donors (Lipinski definition) is 4. The van der Waals surface area contributed by atoms with Gasteiger partial charge in [0.25, 0.3) is 5.91 Å². The van der Waals surface area contributed by atoms with Crippen LogP contribution in [0, 0.1) is 17.8 Å². The van der Waals surface area contributed by atoms with E-state index in [1.54, 1.807) is 6.07 Å². The molecule has 2 aromatic rings. The molecular formula is C44H68ClN5O5S. The normalized spacial score (nSPS) is 25.3. The molecule has 1 aliphatic carbocycles. The first kappa shape index (κ1) is 45.7. The summed E-state index contributed by atoms with van der Waals surface area (Å²) in [6.07, 6.45) is 12.5. The van der Waals surface area contributed by atoms with Crippen molar-refractivity contribution in [2.24, 2.45) is 17.8 Å². The molecule has 10 nitrogen and oxygen atoms in total. The van der Waals surface area contributed by atoms with Crippen LogP contribution in [0.5, 0.6) is 5.75 Å². The van der Waals surface area contributed by atoms with Crippen LogP contribution in [0.15, 0.2) is 49.1 Å². The van der Waals surface area contributed by atoms with Crippen LogP contribution in [-0.2, 0) is 22.2 Å². The summed E-state index contributed by atoms with van der Waals surface area (Å²) in [5.74, 6) is 1.40. The van der Waals surface area contributed by atoms with E-state index in [0.717, 1.165) is 120 Å². The molecule has 7 unspecified atom stereocenters. The van der Waals surface area contributed by atoms with Crippen molar-refractivity contribution in [3.05, 3.63) is 70.8 Å². The fraction of sp³-hybridized carbons (Fsp3) is 0.636. The second-order valence-corrected chi connectivity index (χ2v) is 18.0. The summed E-state index contributed by atoms with van der Waals surface area (Å²) in [7, 11) is 0.621. The van der Waals surface area contributed by atoms with E-state index < -0.39 is 11.0 Å². The lowest BCUT2D eigenvalue weighted by molar-refractivity contribution is -0.109. The molecule has 5 rings (SSSR count). The average Bonchev–Trinajstić information content (AvgIpc) is 3.35. The van der Waals surface area contributed by atoms with Crippen molar-refractivity contribution in [2.45, 2.75) is 102 Å². The lowest BCUT2D eigenvalue weighted by Crippen LogP contribution is -2.44. The zero-order valence-electron chi connectivity index (χ0n) is 34.3. The number of halogens is 1. The molecule has 7 atom stereocenters. The van der Waals surface area contributed by atoms with Gasteiger partial charge in [-0.3, -0.25) is 14.3 Å². The van der Waals surface area contributed by atoms with Crippen LogP contribution in [0.1, 0.15) is 106 Å². The number of ether oxygens (including phenoxy) is 1. The molecule has 0 spiro atoms. The van der Waals surface area contributed by atoms with Crippen LogP contribution in [0.2, 0.25) is 5.02 Å². The lowest BCUT2D eigenvalue weighted by atomic mass is 9.69. The van der Waals surface area contributed by atoms with Crippen molar-refractivity contribution in [3.8, 4) is 5.75 Å². The summed E-state index contributed by atoms with van der Waals surface area (Å²) in [6.45, 7) is 16.6. The number of benzene rings is 2. The molecule has 1 saturated carbocycles. The Morgan fingerprint density at radius 1 is 1.07 bits per heavy atom. The van der Waals surface area contributed by atoms with Crippen LogP contribution >= 0.6 is 11.6 Å². The van der Waals surface area contributed by atoms with Gasteiger partial charge in [0.05, 0.1) is 23.6 Å². The van der Waals surface area contributed by atoms with Crippen molar-refractivity contribution >= 4 is 40.6 Å². The number of anilines is 1. The minimum absolute atomic E-state index is 0.132. The average molecular weight is 815 g/mol. The fourth-order valence-electron chi connectivity index (χ4n) is 7.95. The van der Waals surface area contributed by atoms with Crippen molar-refractivity contribution in [2.75, 3.05) is 64.4 Å². The van der Waals surface area contributed by atoms with E-state index >= 15 is 0 Å². The van der Waals surface area contributed by atoms with Crippen LogP contribution in [-0.4, -0.2) is 97.4 Å². The first-order valence-corrected chi connectivity index (χ1v) is 22.5. The molecule has 0 aromatic heterocycles. The number of aryl methyl sites for hydroxylation is 1. The number of allylic oxidation sites excluding steroid dienone is 1. The quantitative estimate of drug-likeness (QED) is 0.0874. The Hall–Kier alpha value is -2.96. The van der Waals surface area contributed by atoms with Gasteiger partial charge in [-0.1, -0.05) is 50.4 Å². The van der Waals surface area contributed by atoms with Crippen LogP contribution in [0.25, 0.3) is 0 Å². The number of unbranched alkanes of at least 4 members (excludes halogenated alkanes) is 2. The Labute approximate surface area is 344 Å². The van der Waals surface area contributed by atoms with Crippen molar-refractivity contribution in [1.29, 1.82) is 0 Å². The third-order valence-corrected chi connectivity index (χ3v) is 13.6. The number of aliphatic hydroxyl groups excluding tert-OH is 1. The molecule has 2 amide bonds. The summed E-state index contributed by atoms with van der Waals surface area (Å²) in [5, 5.41) is 17.6. The predicted molar refractivity (Wildman–Crippen MR) is 231 cm³/mol. The molecule has 0 radical (unpaired) electrons. The van der Waals surface area contributed by atoms with Crippen LogP contribution in [0.4, 0.5) is 5.69 Å². The second kappa shape index (κ2) is 24.1. The number of carbonyl (C=O) groups excluding carboxylic acids is 2. The first-order chi connectivity index (χ1) is 27.1. The van der Waals surface area contributed by atoms with Gasteiger partial charge in [0, 0.05) is 55.8 Å². The SMILES string of the molecule is C=CCCCN(C)CCNCCNC=O.CCCCc1cc(Cl)ccc1C1COc2ccc3cc2N(C1)CC1CCC1C(O)CCCC(C)C(C)S(=O)NC3=O. The zero-order chi connectivity index (χ0) is 40.5. The van der Waals surface area contributed by atoms with Crippen molar-refractivity contribution in [3.63, 3.8) is 0 Å². The highest BCUT2D eigenvalue weighted by Crippen LogP contribution is 2.43. The van der Waals surface area contributed by atoms with Crippen LogP contribution in [0.3, 0.4) is 0 Å². The zero-order valence-corrected chi connectivity index (χ0v) is 35.9. The summed E-state index contributed by atoms with van der Waals surface area (Å²) in [4.78, 5) is 27.9. The van der Waals surface area contributed by atoms with Gasteiger partial charge < -0.3 is 30.3 Å². The van der Waals surface area contributed by atoms with Gasteiger partial charge in [0.2, 0.25) is 6.41 Å². The number of amides is 2. The third-order valence-electron chi connectivity index (χ3n) is 11.9. The highest BCUT2D eigenvalue weighted by atomic mass is 35.5. The molecule has 2 bridgehead atoms. The third kappa shape index (κ3) is 13.9. The number of rotatable bonds is 15. The number of fused-ring (bicyclic) bond motifs is 2. The highest BCUT2D eigenvalue weighted by molar-refractivity contribution is 7.84. The standard InChI is InChI=1S/C33H45ClN2O4S.C11H23N3O/c1-4-5-8-23-16-27(34)12-14-28(23)26-19-36-18-25-10-13-29(25)31(37)9-6-7-21(2)22(3)41(39)35-33(38)24-11-15-32(40-20-26)30(36)17-24;1-3-4-5-9-14(2)10-8-12-6-7-13-11-15/h11-12,14-17,21-22,25-26,29,31,37H,4-10,13,18-20H2,1-3H3,(H,35,38);3,11-12H,1,4-10H2,2H3,(H,13,15). The highest BCUT2D eigenvalue weighted by Gasteiger charge is 2.39. The van der Waals surface area contributed by atoms with Gasteiger partial charge in [-0.2, -0.15) is 0 Å². The smallest absolute Gasteiger partial charge is 0.263 e. The number of hydrogen-bond acceptors (Lipinski definition) is 8. The van der Waals surface area contributed by atoms with Crippen LogP contribution < -0.4 is 25.0 Å². The number of nitrogens with zero attached hydrogens (tertiary/aromatic N) is 2. The molecule has 4 N–H and O–H groups in total. The molecule has 2 heterocycles. The van der Waals surface area contributed by atoms with E-state index in [-0.39, 0.29) is 35.0 Å². The largest absolute Gasteiger partial charge is 0.491 e. The van der Waals surface area contributed by atoms with E-state index in [0.29, 0.717) is 24.6 Å². The molecular weight excluding hydrogens is 746 g/mol. The molecule has 2 aromatic carbocycles. The van der Waals surface area contributed by atoms with Crippen molar-refractivity contribution in [1.82, 2.24) is 20.3 Å². The van der Waals surface area contributed by atoms with Gasteiger partial charge in [0.15, 0.2) is 0 Å². The van der Waals surface area contributed by atoms with Gasteiger partial charge in [-0.25, -0.2) is 4.21 Å². The van der Waals surface area contributed by atoms with E-state index in [9.17, 15) is 18.9 Å². The molecule has 312 valence electrons. The molecule has 3 aliphatic rings. The second-order valence-electron chi connectivity index (χ2n) is 16.0. The van der Waals surface area contributed by atoms with E-state index in [1.165, 1.54) is 17.5 Å². The lowest BCUT2D eigenvalue weighted by Gasteiger charge is -2.43. The molecule has 2 aliphatic heterocycles. The Balaban J connectivity index is 0.000000394. The Morgan fingerprint density at radius 3 is 2.62 bits per heavy atom. The summed E-state index contributed by atoms with van der Waals surface area (Å²) in [5.41, 5.74) is 3.92. The fourth-order valence-corrected chi connectivity index (χ4v) is 9.19.